The number of halogens is 2. The number of alkyl halides is 1. The molecule has 1 aromatic carbocycles. The third kappa shape index (κ3) is 2.23. The van der Waals surface area contributed by atoms with Crippen molar-refractivity contribution in [2.24, 2.45) is 21.9 Å². The summed E-state index contributed by atoms with van der Waals surface area (Å²) in [4.78, 5) is 17.3. The summed E-state index contributed by atoms with van der Waals surface area (Å²) in [5.74, 6) is 0.111. The summed E-state index contributed by atoms with van der Waals surface area (Å²) in [6.45, 7) is 4.54. The second-order valence-electron chi connectivity index (χ2n) is 6.72. The van der Waals surface area contributed by atoms with E-state index in [2.05, 4.69) is 34.9 Å². The number of fused-ring (bicyclic) bond motifs is 2. The Balaban J connectivity index is 1.81. The Morgan fingerprint density at radius 3 is 2.82 bits per heavy atom. The quantitative estimate of drug-likeness (QED) is 0.414. The molecule has 0 heterocycles. The smallest absolute Gasteiger partial charge is 0.313 e. The molecule has 118 valence electrons. The molecular weight excluding hydrogens is 366 g/mol. The van der Waals surface area contributed by atoms with Gasteiger partial charge in [0, 0.05) is 10.7 Å². The van der Waals surface area contributed by atoms with Crippen LogP contribution in [0.4, 0.5) is 0 Å². The van der Waals surface area contributed by atoms with Crippen molar-refractivity contribution >= 4 is 39.2 Å². The van der Waals surface area contributed by atoms with Crippen molar-refractivity contribution in [2.45, 2.75) is 33.1 Å². The van der Waals surface area contributed by atoms with E-state index in [4.69, 9.17) is 16.4 Å². The van der Waals surface area contributed by atoms with Crippen LogP contribution >= 0.6 is 27.5 Å². The first-order valence-corrected chi connectivity index (χ1v) is 9.01. The highest BCUT2D eigenvalue weighted by molar-refractivity contribution is 9.09. The van der Waals surface area contributed by atoms with Crippen molar-refractivity contribution in [3.63, 3.8) is 0 Å². The zero-order chi connectivity index (χ0) is 16.0. The molecule has 0 N–H and O–H groups in total. The van der Waals surface area contributed by atoms with E-state index < -0.39 is 5.97 Å². The van der Waals surface area contributed by atoms with Gasteiger partial charge < -0.3 is 4.84 Å². The van der Waals surface area contributed by atoms with Crippen LogP contribution in [0, 0.1) is 16.7 Å². The van der Waals surface area contributed by atoms with E-state index in [1.807, 2.05) is 0 Å². The van der Waals surface area contributed by atoms with E-state index in [9.17, 15) is 4.79 Å². The molecular formula is C17H19BrClNO2. The summed E-state index contributed by atoms with van der Waals surface area (Å²) >= 11 is 9.68. The maximum absolute atomic E-state index is 12.1. The van der Waals surface area contributed by atoms with Gasteiger partial charge in [-0.15, -0.1) is 0 Å². The van der Waals surface area contributed by atoms with Crippen LogP contribution in [0.25, 0.3) is 0 Å². The summed E-state index contributed by atoms with van der Waals surface area (Å²) in [7, 11) is 0. The van der Waals surface area contributed by atoms with Crippen LogP contribution in [-0.4, -0.2) is 17.0 Å². The Kier molecular flexibility index (Phi) is 4.11. The van der Waals surface area contributed by atoms with Gasteiger partial charge in [0.05, 0.1) is 16.3 Å². The summed E-state index contributed by atoms with van der Waals surface area (Å²) in [6.07, 6.45) is 3.23. The Bertz CT molecular complexity index is 647. The van der Waals surface area contributed by atoms with Gasteiger partial charge in [0.2, 0.25) is 0 Å². The van der Waals surface area contributed by atoms with Gasteiger partial charge in [0.25, 0.3) is 0 Å². The van der Waals surface area contributed by atoms with E-state index in [0.29, 0.717) is 16.5 Å². The van der Waals surface area contributed by atoms with Gasteiger partial charge in [0.1, 0.15) is 0 Å². The van der Waals surface area contributed by atoms with Crippen molar-refractivity contribution in [3.05, 3.63) is 34.9 Å². The first-order valence-electron chi connectivity index (χ1n) is 7.51. The van der Waals surface area contributed by atoms with Crippen molar-refractivity contribution in [2.75, 3.05) is 5.33 Å². The maximum Gasteiger partial charge on any atom is 0.367 e. The Labute approximate surface area is 144 Å². The minimum Gasteiger partial charge on any atom is -0.313 e. The van der Waals surface area contributed by atoms with Gasteiger partial charge >= 0.3 is 5.97 Å². The molecule has 0 aromatic heterocycles. The monoisotopic (exact) mass is 383 g/mol. The average Bonchev–Trinajstić information content (AvgIpc) is 2.89. The van der Waals surface area contributed by atoms with Crippen molar-refractivity contribution in [1.82, 2.24) is 0 Å². The number of hydrogen-bond donors (Lipinski definition) is 0. The first kappa shape index (κ1) is 16.0. The summed E-state index contributed by atoms with van der Waals surface area (Å²) in [5, 5.41) is 5.56. The van der Waals surface area contributed by atoms with Crippen molar-refractivity contribution in [3.8, 4) is 0 Å². The molecule has 3 atom stereocenters. The Morgan fingerprint density at radius 1 is 1.45 bits per heavy atom. The third-order valence-electron chi connectivity index (χ3n) is 5.84. The van der Waals surface area contributed by atoms with Crippen LogP contribution in [0.15, 0.2) is 29.4 Å². The highest BCUT2D eigenvalue weighted by atomic mass is 79.9. The summed E-state index contributed by atoms with van der Waals surface area (Å²) in [5.41, 5.74) is 1.54. The fraction of sp³-hybridized carbons (Fsp3) is 0.529. The molecule has 5 heteroatoms. The largest absolute Gasteiger partial charge is 0.367 e. The normalized spacial score (nSPS) is 35.1. The van der Waals surface area contributed by atoms with Crippen molar-refractivity contribution < 1.29 is 9.63 Å². The van der Waals surface area contributed by atoms with Crippen molar-refractivity contribution in [1.29, 1.82) is 0 Å². The number of rotatable bonds is 3. The molecule has 3 nitrogen and oxygen atoms in total. The molecule has 2 aliphatic rings. The second-order valence-corrected chi connectivity index (χ2v) is 7.69. The van der Waals surface area contributed by atoms with E-state index in [1.165, 1.54) is 6.42 Å². The zero-order valence-electron chi connectivity index (χ0n) is 12.7. The maximum atomic E-state index is 12.1. The van der Waals surface area contributed by atoms with Gasteiger partial charge in [-0.05, 0) is 42.7 Å². The molecule has 3 rings (SSSR count). The van der Waals surface area contributed by atoms with E-state index >= 15 is 0 Å². The molecule has 3 unspecified atom stereocenters. The molecule has 1 aromatic rings. The molecule has 22 heavy (non-hydrogen) atoms. The number of carbonyl (C=O) groups excluding carboxylic acids is 1. The molecule has 0 aliphatic heterocycles. The molecule has 2 aliphatic carbocycles. The molecule has 2 bridgehead atoms. The van der Waals surface area contributed by atoms with Gasteiger partial charge in [0.15, 0.2) is 0 Å². The van der Waals surface area contributed by atoms with Crippen LogP contribution < -0.4 is 0 Å². The van der Waals surface area contributed by atoms with E-state index in [-0.39, 0.29) is 10.8 Å². The predicted octanol–water partition coefficient (Wildman–Crippen LogP) is 5.07. The molecule has 0 spiro atoms. The Hall–Kier alpha value is -0.870. The van der Waals surface area contributed by atoms with Crippen LogP contribution in [0.2, 0.25) is 5.02 Å². The molecule has 2 saturated carbocycles. The minimum atomic E-state index is -0.495. The fourth-order valence-electron chi connectivity index (χ4n) is 3.94. The number of nitrogens with zero attached hydrogens (tertiary/aromatic N) is 1. The second kappa shape index (κ2) is 5.64. The average molecular weight is 385 g/mol. The lowest BCUT2D eigenvalue weighted by atomic mass is 9.70. The number of hydrogen-bond acceptors (Lipinski definition) is 3. The van der Waals surface area contributed by atoms with Crippen LogP contribution in [0.5, 0.6) is 0 Å². The number of oxime groups is 1. The fourth-order valence-corrected chi connectivity index (χ4v) is 5.23. The minimum absolute atomic E-state index is 0.00191. The van der Waals surface area contributed by atoms with E-state index in [0.717, 1.165) is 23.9 Å². The number of carbonyl (C=O) groups is 1. The SMILES string of the molecule is CC12CCC(C/C1=N\OC(=O)c1ccccc1Cl)C2(C)CBr. The lowest BCUT2D eigenvalue weighted by Gasteiger charge is -2.36. The third-order valence-corrected chi connectivity index (χ3v) is 7.34. The zero-order valence-corrected chi connectivity index (χ0v) is 15.1. The van der Waals surface area contributed by atoms with Gasteiger partial charge in [-0.1, -0.05) is 58.7 Å². The van der Waals surface area contributed by atoms with Crippen LogP contribution in [-0.2, 0) is 4.84 Å². The predicted molar refractivity (Wildman–Crippen MR) is 91.7 cm³/mol. The van der Waals surface area contributed by atoms with E-state index in [1.54, 1.807) is 24.3 Å². The van der Waals surface area contributed by atoms with Gasteiger partial charge in [-0.3, -0.25) is 0 Å². The standard InChI is InChI=1S/C17H19BrClNO2/c1-16-8-7-11(17(16,2)10-18)9-14(16)20-22-15(21)12-5-3-4-6-13(12)19/h3-6,11H,7-10H2,1-2H3/b20-14+. The van der Waals surface area contributed by atoms with Gasteiger partial charge in [-0.25, -0.2) is 4.79 Å². The van der Waals surface area contributed by atoms with Gasteiger partial charge in [-0.2, -0.15) is 0 Å². The molecule has 0 radical (unpaired) electrons. The highest BCUT2D eigenvalue weighted by Crippen LogP contribution is 2.64. The molecule has 0 saturated heterocycles. The lowest BCUT2D eigenvalue weighted by molar-refractivity contribution is 0.0509. The summed E-state index contributed by atoms with van der Waals surface area (Å²) < 4.78 is 0. The van der Waals surface area contributed by atoms with Crippen LogP contribution in [0.3, 0.4) is 0 Å². The van der Waals surface area contributed by atoms with Crippen LogP contribution in [0.1, 0.15) is 43.5 Å². The first-order chi connectivity index (χ1) is 10.4. The topological polar surface area (TPSA) is 38.7 Å². The lowest BCUT2D eigenvalue weighted by Crippen LogP contribution is -2.36. The summed E-state index contributed by atoms with van der Waals surface area (Å²) in [6, 6.07) is 6.86. The molecule has 0 amide bonds. The Morgan fingerprint density at radius 2 is 2.18 bits per heavy atom. The highest BCUT2D eigenvalue weighted by Gasteiger charge is 2.62. The number of benzene rings is 1. The molecule has 2 fully saturated rings.